The number of carbonyl (C=O) groups is 2. The smallest absolute Gasteiger partial charge is 0.336 e. The molecule has 0 heterocycles. The Morgan fingerprint density at radius 2 is 1.61 bits per heavy atom. The molecule has 0 aliphatic carbocycles. The fraction of sp³-hybridized carbons (Fsp3) is 0.130. The molecular formula is C23H21NO4. The summed E-state index contributed by atoms with van der Waals surface area (Å²) in [5.74, 6) is -0.769. The van der Waals surface area contributed by atoms with Crippen molar-refractivity contribution in [3.8, 4) is 16.9 Å². The Labute approximate surface area is 163 Å². The Hall–Kier alpha value is -3.60. The Balaban J connectivity index is 1.75. The summed E-state index contributed by atoms with van der Waals surface area (Å²) in [5, 5.41) is 12.0. The van der Waals surface area contributed by atoms with E-state index in [9.17, 15) is 14.7 Å². The number of nitrogens with one attached hydrogen (secondary N) is 1. The van der Waals surface area contributed by atoms with Crippen LogP contribution in [-0.2, 0) is 0 Å². The molecule has 3 rings (SSSR count). The van der Waals surface area contributed by atoms with E-state index in [1.54, 1.807) is 24.3 Å². The van der Waals surface area contributed by atoms with Gasteiger partial charge in [0.25, 0.3) is 5.91 Å². The van der Waals surface area contributed by atoms with Crippen LogP contribution in [0, 0.1) is 0 Å². The number of carbonyl (C=O) groups excluding carboxylic acids is 1. The molecule has 0 saturated carbocycles. The topological polar surface area (TPSA) is 75.6 Å². The van der Waals surface area contributed by atoms with E-state index >= 15 is 0 Å². The monoisotopic (exact) mass is 375 g/mol. The first-order chi connectivity index (χ1) is 13.6. The molecule has 0 aliphatic heterocycles. The highest BCUT2D eigenvalue weighted by Crippen LogP contribution is 2.25. The SMILES string of the molecule is CCCOc1cccc(-c2ccc(NC(=O)c3ccccc3C(=O)O)cc2)c1. The van der Waals surface area contributed by atoms with Crippen LogP contribution in [-0.4, -0.2) is 23.6 Å². The van der Waals surface area contributed by atoms with Crippen LogP contribution >= 0.6 is 0 Å². The summed E-state index contributed by atoms with van der Waals surface area (Å²) in [4.78, 5) is 23.7. The largest absolute Gasteiger partial charge is 0.494 e. The van der Waals surface area contributed by atoms with Crippen molar-refractivity contribution in [2.75, 3.05) is 11.9 Å². The third-order valence-electron chi connectivity index (χ3n) is 4.19. The van der Waals surface area contributed by atoms with Gasteiger partial charge in [-0.3, -0.25) is 4.79 Å². The van der Waals surface area contributed by atoms with Crippen LogP contribution in [0.5, 0.6) is 5.75 Å². The minimum absolute atomic E-state index is 0.0273. The molecule has 142 valence electrons. The van der Waals surface area contributed by atoms with Gasteiger partial charge in [-0.05, 0) is 53.9 Å². The predicted octanol–water partition coefficient (Wildman–Crippen LogP) is 5.09. The lowest BCUT2D eigenvalue weighted by Gasteiger charge is -2.10. The Morgan fingerprint density at radius 3 is 2.29 bits per heavy atom. The van der Waals surface area contributed by atoms with Gasteiger partial charge in [0.1, 0.15) is 5.75 Å². The summed E-state index contributed by atoms with van der Waals surface area (Å²) in [5.41, 5.74) is 2.70. The summed E-state index contributed by atoms with van der Waals surface area (Å²) in [6.07, 6.45) is 0.948. The summed E-state index contributed by atoms with van der Waals surface area (Å²) < 4.78 is 5.67. The van der Waals surface area contributed by atoms with Gasteiger partial charge in [-0.1, -0.05) is 43.3 Å². The fourth-order valence-electron chi connectivity index (χ4n) is 2.80. The first-order valence-corrected chi connectivity index (χ1v) is 9.05. The van der Waals surface area contributed by atoms with Crippen LogP contribution in [0.4, 0.5) is 5.69 Å². The van der Waals surface area contributed by atoms with Gasteiger partial charge in [0.05, 0.1) is 17.7 Å². The van der Waals surface area contributed by atoms with E-state index in [1.807, 2.05) is 36.4 Å². The number of rotatable bonds is 7. The van der Waals surface area contributed by atoms with E-state index in [-0.39, 0.29) is 11.1 Å². The molecule has 5 nitrogen and oxygen atoms in total. The standard InChI is InChI=1S/C23H21NO4/c1-2-14-28-19-7-5-6-17(15-19)16-10-12-18(13-11-16)24-22(25)20-8-3-4-9-21(20)23(26)27/h3-13,15H,2,14H2,1H3,(H,24,25)(H,26,27). The minimum atomic E-state index is -1.13. The molecule has 0 fully saturated rings. The van der Waals surface area contributed by atoms with Crippen LogP contribution in [0.3, 0.4) is 0 Å². The molecule has 1 amide bonds. The first kappa shape index (κ1) is 19.2. The van der Waals surface area contributed by atoms with Gasteiger partial charge in [-0.15, -0.1) is 0 Å². The van der Waals surface area contributed by atoms with E-state index in [2.05, 4.69) is 12.2 Å². The normalized spacial score (nSPS) is 10.3. The third-order valence-corrected chi connectivity index (χ3v) is 4.19. The van der Waals surface area contributed by atoms with Gasteiger partial charge in [0, 0.05) is 5.69 Å². The number of anilines is 1. The van der Waals surface area contributed by atoms with E-state index in [1.165, 1.54) is 12.1 Å². The lowest BCUT2D eigenvalue weighted by atomic mass is 10.0. The molecule has 28 heavy (non-hydrogen) atoms. The Bertz CT molecular complexity index is 980. The van der Waals surface area contributed by atoms with Gasteiger partial charge < -0.3 is 15.2 Å². The number of amides is 1. The van der Waals surface area contributed by atoms with Gasteiger partial charge in [-0.25, -0.2) is 4.79 Å². The van der Waals surface area contributed by atoms with Crippen molar-refractivity contribution in [1.29, 1.82) is 0 Å². The molecular weight excluding hydrogens is 354 g/mol. The second-order valence-electron chi connectivity index (χ2n) is 6.26. The van der Waals surface area contributed by atoms with Crippen molar-refractivity contribution in [3.05, 3.63) is 83.9 Å². The maximum absolute atomic E-state index is 12.4. The Kier molecular flexibility index (Phi) is 6.07. The number of hydrogen-bond donors (Lipinski definition) is 2. The molecule has 3 aromatic rings. The van der Waals surface area contributed by atoms with Gasteiger partial charge >= 0.3 is 5.97 Å². The van der Waals surface area contributed by atoms with Crippen LogP contribution in [0.15, 0.2) is 72.8 Å². The highest BCUT2D eigenvalue weighted by atomic mass is 16.5. The first-order valence-electron chi connectivity index (χ1n) is 9.05. The summed E-state index contributed by atoms with van der Waals surface area (Å²) >= 11 is 0. The van der Waals surface area contributed by atoms with Crippen LogP contribution in [0.2, 0.25) is 0 Å². The van der Waals surface area contributed by atoms with E-state index in [0.717, 1.165) is 23.3 Å². The molecule has 0 spiro atoms. The molecule has 5 heteroatoms. The molecule has 0 bridgehead atoms. The lowest BCUT2D eigenvalue weighted by molar-refractivity contribution is 0.0692. The number of ether oxygens (including phenoxy) is 1. The van der Waals surface area contributed by atoms with Gasteiger partial charge in [-0.2, -0.15) is 0 Å². The van der Waals surface area contributed by atoms with Gasteiger partial charge in [0.15, 0.2) is 0 Å². The molecule has 0 unspecified atom stereocenters. The van der Waals surface area contributed by atoms with Crippen molar-refractivity contribution < 1.29 is 19.4 Å². The average Bonchev–Trinajstić information content (AvgIpc) is 2.73. The average molecular weight is 375 g/mol. The number of carboxylic acid groups (broad SMARTS) is 1. The van der Waals surface area contributed by atoms with Crippen LogP contribution < -0.4 is 10.1 Å². The zero-order chi connectivity index (χ0) is 19.9. The fourth-order valence-corrected chi connectivity index (χ4v) is 2.80. The van der Waals surface area contributed by atoms with Crippen LogP contribution in [0.1, 0.15) is 34.1 Å². The van der Waals surface area contributed by atoms with E-state index in [0.29, 0.717) is 12.3 Å². The second-order valence-corrected chi connectivity index (χ2v) is 6.26. The van der Waals surface area contributed by atoms with Crippen molar-refractivity contribution in [2.45, 2.75) is 13.3 Å². The molecule has 2 N–H and O–H groups in total. The van der Waals surface area contributed by atoms with Crippen molar-refractivity contribution in [1.82, 2.24) is 0 Å². The molecule has 0 radical (unpaired) electrons. The maximum atomic E-state index is 12.4. The highest BCUT2D eigenvalue weighted by Gasteiger charge is 2.15. The zero-order valence-corrected chi connectivity index (χ0v) is 15.5. The minimum Gasteiger partial charge on any atom is -0.494 e. The maximum Gasteiger partial charge on any atom is 0.336 e. The molecule has 0 saturated heterocycles. The lowest BCUT2D eigenvalue weighted by Crippen LogP contribution is -2.16. The third kappa shape index (κ3) is 4.57. The Morgan fingerprint density at radius 1 is 0.893 bits per heavy atom. The summed E-state index contributed by atoms with van der Waals surface area (Å²) in [7, 11) is 0. The molecule has 3 aromatic carbocycles. The molecule has 0 aliphatic rings. The quantitative estimate of drug-likeness (QED) is 0.603. The summed E-state index contributed by atoms with van der Waals surface area (Å²) in [6.45, 7) is 2.73. The van der Waals surface area contributed by atoms with Crippen LogP contribution in [0.25, 0.3) is 11.1 Å². The zero-order valence-electron chi connectivity index (χ0n) is 15.5. The van der Waals surface area contributed by atoms with Crippen molar-refractivity contribution in [3.63, 3.8) is 0 Å². The number of carboxylic acids is 1. The number of aromatic carboxylic acids is 1. The number of benzene rings is 3. The van der Waals surface area contributed by atoms with Gasteiger partial charge in [0.2, 0.25) is 0 Å². The summed E-state index contributed by atoms with van der Waals surface area (Å²) in [6, 6.07) is 21.4. The van der Waals surface area contributed by atoms with Crippen molar-refractivity contribution >= 4 is 17.6 Å². The highest BCUT2D eigenvalue weighted by molar-refractivity contribution is 6.10. The second kappa shape index (κ2) is 8.86. The molecule has 0 atom stereocenters. The van der Waals surface area contributed by atoms with E-state index in [4.69, 9.17) is 4.74 Å². The van der Waals surface area contributed by atoms with E-state index < -0.39 is 11.9 Å². The number of hydrogen-bond acceptors (Lipinski definition) is 3. The van der Waals surface area contributed by atoms with Crippen molar-refractivity contribution in [2.24, 2.45) is 0 Å². The predicted molar refractivity (Wildman–Crippen MR) is 109 cm³/mol. The molecule has 0 aromatic heterocycles.